The molecule has 0 bridgehead atoms. The van der Waals surface area contributed by atoms with E-state index in [4.69, 9.17) is 5.26 Å². The summed E-state index contributed by atoms with van der Waals surface area (Å²) in [6.45, 7) is 5.56. The maximum atomic E-state index is 11.9. The van der Waals surface area contributed by atoms with Crippen molar-refractivity contribution >= 4 is 5.91 Å². The Kier molecular flexibility index (Phi) is 3.90. The normalized spacial score (nSPS) is 20.3. The van der Waals surface area contributed by atoms with Gasteiger partial charge in [0.2, 0.25) is 5.91 Å². The summed E-state index contributed by atoms with van der Waals surface area (Å²) in [6, 6.07) is 2.26. The van der Waals surface area contributed by atoms with Gasteiger partial charge >= 0.3 is 0 Å². The largest absolute Gasteiger partial charge is 0.352 e. The second kappa shape index (κ2) is 4.97. The molecular formula is C12H18N2O. The third-order valence-corrected chi connectivity index (χ3v) is 3.00. The number of nitriles is 1. The Morgan fingerprint density at radius 2 is 2.27 bits per heavy atom. The second-order valence-corrected chi connectivity index (χ2v) is 4.30. The molecule has 15 heavy (non-hydrogen) atoms. The van der Waals surface area contributed by atoms with Crippen molar-refractivity contribution in [3.63, 3.8) is 0 Å². The summed E-state index contributed by atoms with van der Waals surface area (Å²) in [4.78, 5) is 11.9. The minimum absolute atomic E-state index is 0.0702. The Morgan fingerprint density at radius 1 is 1.67 bits per heavy atom. The van der Waals surface area contributed by atoms with Crippen LogP contribution >= 0.6 is 0 Å². The van der Waals surface area contributed by atoms with Crippen LogP contribution in [0.1, 0.15) is 39.0 Å². The Bertz CT molecular complexity index is 284. The molecular weight excluding hydrogens is 188 g/mol. The van der Waals surface area contributed by atoms with Gasteiger partial charge in [0.25, 0.3) is 0 Å². The number of hydrogen-bond acceptors (Lipinski definition) is 2. The smallest absolute Gasteiger partial charge is 0.240 e. The topological polar surface area (TPSA) is 52.9 Å². The van der Waals surface area contributed by atoms with Gasteiger partial charge in [-0.05, 0) is 26.2 Å². The van der Waals surface area contributed by atoms with E-state index in [1.54, 1.807) is 6.08 Å². The first kappa shape index (κ1) is 11.8. The number of amides is 1. The zero-order valence-electron chi connectivity index (χ0n) is 9.25. The molecule has 0 aliphatic heterocycles. The molecule has 0 aromatic carbocycles. The van der Waals surface area contributed by atoms with Crippen LogP contribution in [0.15, 0.2) is 12.7 Å². The SMILES string of the molecule is C=CCC(C)NC(=O)C1(C#N)CCCC1. The molecule has 0 aromatic rings. The fourth-order valence-corrected chi connectivity index (χ4v) is 2.04. The minimum Gasteiger partial charge on any atom is -0.352 e. The summed E-state index contributed by atoms with van der Waals surface area (Å²) < 4.78 is 0. The molecule has 0 spiro atoms. The Morgan fingerprint density at radius 3 is 2.73 bits per heavy atom. The highest BCUT2D eigenvalue weighted by molar-refractivity contribution is 5.85. The maximum absolute atomic E-state index is 11.9. The molecule has 3 heteroatoms. The number of nitrogens with zero attached hydrogens (tertiary/aromatic N) is 1. The van der Waals surface area contributed by atoms with Crippen molar-refractivity contribution in [2.24, 2.45) is 5.41 Å². The van der Waals surface area contributed by atoms with E-state index in [1.807, 2.05) is 6.92 Å². The quantitative estimate of drug-likeness (QED) is 0.716. The van der Waals surface area contributed by atoms with E-state index in [9.17, 15) is 4.79 Å². The molecule has 0 radical (unpaired) electrons. The number of nitrogens with one attached hydrogen (secondary N) is 1. The first-order chi connectivity index (χ1) is 7.14. The highest BCUT2D eigenvalue weighted by Crippen LogP contribution is 2.37. The standard InChI is InChI=1S/C12H18N2O/c1-3-6-10(2)14-11(15)12(9-13)7-4-5-8-12/h3,10H,1,4-8H2,2H3,(H,14,15). The van der Waals surface area contributed by atoms with E-state index in [2.05, 4.69) is 18.0 Å². The third-order valence-electron chi connectivity index (χ3n) is 3.00. The lowest BCUT2D eigenvalue weighted by molar-refractivity contribution is -0.128. The first-order valence-corrected chi connectivity index (χ1v) is 5.48. The van der Waals surface area contributed by atoms with Crippen LogP contribution in [0.4, 0.5) is 0 Å². The molecule has 1 saturated carbocycles. The van der Waals surface area contributed by atoms with Crippen molar-refractivity contribution in [2.45, 2.75) is 45.1 Å². The molecule has 1 aliphatic rings. The summed E-state index contributed by atoms with van der Waals surface area (Å²) in [5, 5.41) is 12.0. The van der Waals surface area contributed by atoms with Gasteiger partial charge in [0.05, 0.1) is 6.07 Å². The lowest BCUT2D eigenvalue weighted by Crippen LogP contribution is -2.42. The van der Waals surface area contributed by atoms with Crippen LogP contribution in [0, 0.1) is 16.7 Å². The van der Waals surface area contributed by atoms with Crippen LogP contribution in [-0.4, -0.2) is 11.9 Å². The Balaban J connectivity index is 2.59. The molecule has 1 fully saturated rings. The number of rotatable bonds is 4. The molecule has 0 aromatic heterocycles. The van der Waals surface area contributed by atoms with Gasteiger partial charge in [-0.3, -0.25) is 4.79 Å². The zero-order chi connectivity index (χ0) is 11.3. The van der Waals surface area contributed by atoms with Crippen molar-refractivity contribution in [3.8, 4) is 6.07 Å². The van der Waals surface area contributed by atoms with Gasteiger partial charge in [-0.1, -0.05) is 18.9 Å². The molecule has 1 atom stereocenters. The Labute approximate surface area is 91.2 Å². The molecule has 1 rings (SSSR count). The van der Waals surface area contributed by atoms with Gasteiger partial charge in [0, 0.05) is 6.04 Å². The molecule has 1 N–H and O–H groups in total. The number of carbonyl (C=O) groups is 1. The summed E-state index contributed by atoms with van der Waals surface area (Å²) in [6.07, 6.45) is 5.89. The molecule has 82 valence electrons. The van der Waals surface area contributed by atoms with E-state index in [0.29, 0.717) is 12.8 Å². The maximum Gasteiger partial charge on any atom is 0.240 e. The van der Waals surface area contributed by atoms with Crippen LogP contribution in [0.5, 0.6) is 0 Å². The van der Waals surface area contributed by atoms with Gasteiger partial charge in [-0.15, -0.1) is 6.58 Å². The summed E-state index contributed by atoms with van der Waals surface area (Å²) in [5.41, 5.74) is -0.755. The summed E-state index contributed by atoms with van der Waals surface area (Å²) >= 11 is 0. The average Bonchev–Trinajstić information content (AvgIpc) is 2.67. The predicted molar refractivity (Wildman–Crippen MR) is 58.9 cm³/mol. The van der Waals surface area contributed by atoms with Crippen LogP contribution in [-0.2, 0) is 4.79 Å². The lowest BCUT2D eigenvalue weighted by atomic mass is 9.87. The van der Waals surface area contributed by atoms with Gasteiger partial charge in [-0.2, -0.15) is 5.26 Å². The highest BCUT2D eigenvalue weighted by atomic mass is 16.2. The minimum atomic E-state index is -0.755. The van der Waals surface area contributed by atoms with Crippen molar-refractivity contribution < 1.29 is 4.79 Å². The van der Waals surface area contributed by atoms with Crippen molar-refractivity contribution in [2.75, 3.05) is 0 Å². The predicted octanol–water partition coefficient (Wildman–Crippen LogP) is 2.15. The molecule has 1 unspecified atom stereocenters. The van der Waals surface area contributed by atoms with E-state index in [0.717, 1.165) is 19.3 Å². The van der Waals surface area contributed by atoms with Gasteiger partial charge in [-0.25, -0.2) is 0 Å². The van der Waals surface area contributed by atoms with Crippen LogP contribution in [0.3, 0.4) is 0 Å². The number of carbonyl (C=O) groups excluding carboxylic acids is 1. The average molecular weight is 206 g/mol. The molecule has 0 saturated heterocycles. The first-order valence-electron chi connectivity index (χ1n) is 5.48. The molecule has 1 amide bonds. The fraction of sp³-hybridized carbons (Fsp3) is 0.667. The van der Waals surface area contributed by atoms with E-state index in [1.165, 1.54) is 0 Å². The van der Waals surface area contributed by atoms with Crippen molar-refractivity contribution in [1.82, 2.24) is 5.32 Å². The number of hydrogen-bond donors (Lipinski definition) is 1. The van der Waals surface area contributed by atoms with Gasteiger partial charge < -0.3 is 5.32 Å². The summed E-state index contributed by atoms with van der Waals surface area (Å²) in [7, 11) is 0. The van der Waals surface area contributed by atoms with Gasteiger partial charge in [0.15, 0.2) is 0 Å². The van der Waals surface area contributed by atoms with E-state index in [-0.39, 0.29) is 11.9 Å². The van der Waals surface area contributed by atoms with Crippen molar-refractivity contribution in [3.05, 3.63) is 12.7 Å². The van der Waals surface area contributed by atoms with Crippen molar-refractivity contribution in [1.29, 1.82) is 5.26 Å². The molecule has 0 heterocycles. The highest BCUT2D eigenvalue weighted by Gasteiger charge is 2.41. The van der Waals surface area contributed by atoms with Gasteiger partial charge in [0.1, 0.15) is 5.41 Å². The Hall–Kier alpha value is -1.30. The summed E-state index contributed by atoms with van der Waals surface area (Å²) in [5.74, 6) is -0.100. The van der Waals surface area contributed by atoms with Crippen LogP contribution in [0.25, 0.3) is 0 Å². The third kappa shape index (κ3) is 2.59. The fourth-order valence-electron chi connectivity index (χ4n) is 2.04. The second-order valence-electron chi connectivity index (χ2n) is 4.30. The lowest BCUT2D eigenvalue weighted by Gasteiger charge is -2.22. The van der Waals surface area contributed by atoms with E-state index >= 15 is 0 Å². The van der Waals surface area contributed by atoms with Crippen LogP contribution < -0.4 is 5.32 Å². The monoisotopic (exact) mass is 206 g/mol. The van der Waals surface area contributed by atoms with E-state index < -0.39 is 5.41 Å². The zero-order valence-corrected chi connectivity index (χ0v) is 9.25. The molecule has 3 nitrogen and oxygen atoms in total. The molecule has 1 aliphatic carbocycles. The van der Waals surface area contributed by atoms with Crippen LogP contribution in [0.2, 0.25) is 0 Å².